The molecule has 0 N–H and O–H groups in total. The van der Waals surface area contributed by atoms with E-state index in [1.54, 1.807) is 12.3 Å². The van der Waals surface area contributed by atoms with Gasteiger partial charge in [0.25, 0.3) is 0 Å². The predicted molar refractivity (Wildman–Crippen MR) is 61.9 cm³/mol. The molecule has 0 bridgehead atoms. The van der Waals surface area contributed by atoms with Crippen LogP contribution >= 0.6 is 0 Å². The van der Waals surface area contributed by atoms with E-state index >= 15 is 0 Å². The Balaban J connectivity index is 0.00000133. The molecule has 2 aliphatic heterocycles. The summed E-state index contributed by atoms with van der Waals surface area (Å²) < 4.78 is 5.18. The maximum Gasteiger partial charge on any atom is 1.00 e. The minimum absolute atomic E-state index is 0. The fourth-order valence-electron chi connectivity index (χ4n) is 2.52. The fourth-order valence-corrected chi connectivity index (χ4v) is 2.52. The van der Waals surface area contributed by atoms with E-state index in [1.165, 1.54) is 0 Å². The average Bonchev–Trinajstić information content (AvgIpc) is 2.33. The number of hydrogen-bond donors (Lipinski definition) is 0. The number of nitrogens with zero attached hydrogens (tertiary/aromatic N) is 2. The molecule has 0 amide bonds. The summed E-state index contributed by atoms with van der Waals surface area (Å²) in [4.78, 5) is 17.1. The second-order valence-corrected chi connectivity index (χ2v) is 5.01. The van der Waals surface area contributed by atoms with Crippen LogP contribution in [0.25, 0.3) is 0 Å². The molecule has 19 heavy (non-hydrogen) atoms. The van der Waals surface area contributed by atoms with Gasteiger partial charge < -0.3 is 14.6 Å². The van der Waals surface area contributed by atoms with E-state index in [0.717, 1.165) is 50.4 Å². The maximum absolute atomic E-state index is 10.7. The van der Waals surface area contributed by atoms with Crippen molar-refractivity contribution in [1.29, 1.82) is 0 Å². The first kappa shape index (κ1) is 14.5. The smallest absolute Gasteiger partial charge is 0.543 e. The number of fused-ring (bicyclic) bond motifs is 1. The largest absolute Gasteiger partial charge is 1.00 e. The van der Waals surface area contributed by atoms with Gasteiger partial charge in [-0.2, -0.15) is 0 Å². The molecule has 5 nitrogen and oxygen atoms in total. The van der Waals surface area contributed by atoms with E-state index in [9.17, 15) is 9.90 Å². The van der Waals surface area contributed by atoms with Crippen LogP contribution in [0.1, 0.15) is 21.6 Å². The Morgan fingerprint density at radius 1 is 1.47 bits per heavy atom. The third-order valence-electron chi connectivity index (χ3n) is 3.61. The zero-order chi connectivity index (χ0) is 12.5. The van der Waals surface area contributed by atoms with Crippen molar-refractivity contribution in [3.63, 3.8) is 0 Å². The van der Waals surface area contributed by atoms with Gasteiger partial charge in [-0.05, 0) is 23.6 Å². The van der Waals surface area contributed by atoms with Crippen LogP contribution in [0.4, 0.5) is 0 Å². The van der Waals surface area contributed by atoms with Crippen LogP contribution < -0.4 is 24.0 Å². The molecule has 0 spiro atoms. The van der Waals surface area contributed by atoms with E-state index in [2.05, 4.69) is 9.88 Å². The summed E-state index contributed by atoms with van der Waals surface area (Å²) in [5.41, 5.74) is 2.26. The molecular formula is C13H15LiN2O3. The monoisotopic (exact) mass is 254 g/mol. The topological polar surface area (TPSA) is 65.5 Å². The van der Waals surface area contributed by atoms with Crippen molar-refractivity contribution in [2.75, 3.05) is 26.3 Å². The van der Waals surface area contributed by atoms with Gasteiger partial charge >= 0.3 is 18.9 Å². The Hall–Kier alpha value is -0.863. The van der Waals surface area contributed by atoms with Crippen molar-refractivity contribution in [3.05, 3.63) is 29.1 Å². The van der Waals surface area contributed by atoms with Crippen LogP contribution in [0.3, 0.4) is 0 Å². The summed E-state index contributed by atoms with van der Waals surface area (Å²) >= 11 is 0. The normalized spacial score (nSPS) is 19.2. The molecule has 96 valence electrons. The van der Waals surface area contributed by atoms with Gasteiger partial charge in [0.15, 0.2) is 0 Å². The number of carbonyl (C=O) groups excluding carboxylic acids is 1. The van der Waals surface area contributed by atoms with E-state index in [-0.39, 0.29) is 24.6 Å². The third-order valence-corrected chi connectivity index (χ3v) is 3.61. The Kier molecular flexibility index (Phi) is 4.64. The number of aromatic carboxylic acids is 1. The van der Waals surface area contributed by atoms with Crippen LogP contribution in [0.2, 0.25) is 0 Å². The van der Waals surface area contributed by atoms with Crippen LogP contribution in [0, 0.1) is 5.92 Å². The van der Waals surface area contributed by atoms with Gasteiger partial charge in [0, 0.05) is 31.7 Å². The van der Waals surface area contributed by atoms with Crippen molar-refractivity contribution in [2.45, 2.75) is 13.0 Å². The van der Waals surface area contributed by atoms with E-state index in [0.29, 0.717) is 5.92 Å². The molecule has 0 atom stereocenters. The number of hydrogen-bond acceptors (Lipinski definition) is 5. The number of pyridine rings is 1. The molecule has 1 saturated heterocycles. The standard InChI is InChI=1S/C13H16N2O3.Li/c16-13(17)12-3-10-1-2-15(5-9-7-18-8-9)6-11(10)4-14-12;/h3-4,9H,1-2,5-8H2,(H,16,17);/q;+1/p-1. The molecule has 3 rings (SSSR count). The van der Waals surface area contributed by atoms with Crippen molar-refractivity contribution in [3.8, 4) is 0 Å². The van der Waals surface area contributed by atoms with Crippen molar-refractivity contribution >= 4 is 5.97 Å². The Labute approximate surface area is 124 Å². The van der Waals surface area contributed by atoms with Gasteiger partial charge in [-0.25, -0.2) is 0 Å². The summed E-state index contributed by atoms with van der Waals surface area (Å²) in [5, 5.41) is 10.7. The summed E-state index contributed by atoms with van der Waals surface area (Å²) in [5.74, 6) is -0.547. The first-order valence-electron chi connectivity index (χ1n) is 6.21. The number of carboxylic acid groups (broad SMARTS) is 1. The summed E-state index contributed by atoms with van der Waals surface area (Å²) in [7, 11) is 0. The molecule has 0 saturated carbocycles. The van der Waals surface area contributed by atoms with Crippen LogP contribution in [-0.4, -0.2) is 42.2 Å². The molecule has 1 aromatic heterocycles. The van der Waals surface area contributed by atoms with Crippen LogP contribution in [-0.2, 0) is 17.7 Å². The van der Waals surface area contributed by atoms with Crippen molar-refractivity contribution < 1.29 is 33.5 Å². The number of ether oxygens (including phenoxy) is 1. The van der Waals surface area contributed by atoms with E-state index in [4.69, 9.17) is 4.74 Å². The van der Waals surface area contributed by atoms with E-state index < -0.39 is 5.97 Å². The second kappa shape index (κ2) is 6.06. The summed E-state index contributed by atoms with van der Waals surface area (Å²) in [6.45, 7) is 4.62. The first-order chi connectivity index (χ1) is 8.72. The van der Waals surface area contributed by atoms with E-state index in [1.807, 2.05) is 0 Å². The molecule has 3 heterocycles. The quantitative estimate of drug-likeness (QED) is 0.523. The molecule has 6 heteroatoms. The molecule has 2 aliphatic rings. The minimum atomic E-state index is -1.20. The molecule has 0 aromatic carbocycles. The molecule has 0 unspecified atom stereocenters. The molecule has 1 fully saturated rings. The van der Waals surface area contributed by atoms with Gasteiger partial charge in [-0.1, -0.05) is 0 Å². The number of carbonyl (C=O) groups is 1. The Bertz CT molecular complexity index is 477. The first-order valence-corrected chi connectivity index (χ1v) is 6.21. The second-order valence-electron chi connectivity index (χ2n) is 5.01. The molecular weight excluding hydrogens is 239 g/mol. The van der Waals surface area contributed by atoms with Crippen LogP contribution in [0.15, 0.2) is 12.3 Å². The van der Waals surface area contributed by atoms with Gasteiger partial charge in [-0.3, -0.25) is 9.88 Å². The number of rotatable bonds is 3. The minimum Gasteiger partial charge on any atom is -0.543 e. The van der Waals surface area contributed by atoms with Gasteiger partial charge in [0.05, 0.1) is 24.9 Å². The molecule has 0 aliphatic carbocycles. The van der Waals surface area contributed by atoms with Crippen molar-refractivity contribution in [1.82, 2.24) is 9.88 Å². The van der Waals surface area contributed by atoms with Gasteiger partial charge in [0.2, 0.25) is 0 Å². The Morgan fingerprint density at radius 3 is 2.89 bits per heavy atom. The SMILES string of the molecule is O=C([O-])c1cc2c(cn1)CN(CC1COC1)CC2.[Li+]. The molecule has 1 aromatic rings. The summed E-state index contributed by atoms with van der Waals surface area (Å²) in [6.07, 6.45) is 2.55. The number of carboxylic acids is 1. The van der Waals surface area contributed by atoms with Crippen LogP contribution in [0.5, 0.6) is 0 Å². The van der Waals surface area contributed by atoms with Crippen molar-refractivity contribution in [2.24, 2.45) is 5.92 Å². The Morgan fingerprint density at radius 2 is 2.26 bits per heavy atom. The van der Waals surface area contributed by atoms with Gasteiger partial charge in [-0.15, -0.1) is 0 Å². The molecule has 0 radical (unpaired) electrons. The predicted octanol–water partition coefficient (Wildman–Crippen LogP) is -3.55. The fraction of sp³-hybridized carbons (Fsp3) is 0.538. The zero-order valence-electron chi connectivity index (χ0n) is 11.1. The maximum atomic E-state index is 10.7. The zero-order valence-corrected chi connectivity index (χ0v) is 11.1. The summed E-state index contributed by atoms with van der Waals surface area (Å²) in [6, 6.07) is 1.65. The number of aromatic nitrogens is 1. The third kappa shape index (κ3) is 3.18. The van der Waals surface area contributed by atoms with Gasteiger partial charge in [0.1, 0.15) is 0 Å². The average molecular weight is 254 g/mol.